The van der Waals surface area contributed by atoms with E-state index in [0.717, 1.165) is 17.8 Å². The number of carbonyl (C=O) groups excluding carboxylic acids is 2. The quantitative estimate of drug-likeness (QED) is 0.922. The first-order valence-electron chi connectivity index (χ1n) is 8.59. The van der Waals surface area contributed by atoms with Gasteiger partial charge >= 0.3 is 6.03 Å². The zero-order valence-electron chi connectivity index (χ0n) is 15.1. The molecule has 1 aliphatic rings. The second-order valence-corrected chi connectivity index (χ2v) is 6.43. The van der Waals surface area contributed by atoms with Crippen LogP contribution in [0.1, 0.15) is 27.2 Å². The maximum absolute atomic E-state index is 12.5. The van der Waals surface area contributed by atoms with Crippen molar-refractivity contribution in [3.8, 4) is 0 Å². The van der Waals surface area contributed by atoms with E-state index in [2.05, 4.69) is 24.1 Å². The Hall–Kier alpha value is -2.24. The predicted molar refractivity (Wildman–Crippen MR) is 97.4 cm³/mol. The third kappa shape index (κ3) is 4.40. The number of urea groups is 1. The van der Waals surface area contributed by atoms with E-state index < -0.39 is 0 Å². The van der Waals surface area contributed by atoms with E-state index in [9.17, 15) is 9.59 Å². The van der Waals surface area contributed by atoms with Crippen molar-refractivity contribution < 1.29 is 9.59 Å². The number of nitrogens with zero attached hydrogens (tertiary/aromatic N) is 3. The van der Waals surface area contributed by atoms with Crippen molar-refractivity contribution in [1.82, 2.24) is 9.80 Å². The molecule has 0 atom stereocenters. The highest BCUT2D eigenvalue weighted by molar-refractivity contribution is 5.93. The molecule has 132 valence electrons. The summed E-state index contributed by atoms with van der Waals surface area (Å²) in [5.74, 6) is 0.0124. The summed E-state index contributed by atoms with van der Waals surface area (Å²) in [6.45, 7) is 8.35. The van der Waals surface area contributed by atoms with E-state index in [0.29, 0.717) is 25.7 Å². The van der Waals surface area contributed by atoms with Crippen molar-refractivity contribution in [2.24, 2.45) is 0 Å². The molecule has 24 heavy (non-hydrogen) atoms. The Kier molecular flexibility index (Phi) is 6.06. The monoisotopic (exact) mass is 332 g/mol. The van der Waals surface area contributed by atoms with Crippen LogP contribution in [0.5, 0.6) is 0 Å². The Balaban J connectivity index is 2.04. The Morgan fingerprint density at radius 1 is 1.33 bits per heavy atom. The topological polar surface area (TPSA) is 55.9 Å². The largest absolute Gasteiger partial charge is 0.372 e. The second kappa shape index (κ2) is 8.04. The first-order chi connectivity index (χ1) is 11.4. The van der Waals surface area contributed by atoms with Gasteiger partial charge in [0.2, 0.25) is 5.91 Å². The Bertz CT molecular complexity index is 588. The molecule has 0 spiro atoms. The van der Waals surface area contributed by atoms with Gasteiger partial charge in [0.15, 0.2) is 0 Å². The van der Waals surface area contributed by atoms with Gasteiger partial charge in [-0.05, 0) is 45.4 Å². The summed E-state index contributed by atoms with van der Waals surface area (Å²) >= 11 is 0. The van der Waals surface area contributed by atoms with Gasteiger partial charge in [-0.2, -0.15) is 0 Å². The molecular weight excluding hydrogens is 304 g/mol. The molecule has 3 amide bonds. The molecule has 1 heterocycles. The molecule has 0 saturated carbocycles. The van der Waals surface area contributed by atoms with E-state index in [-0.39, 0.29) is 18.5 Å². The van der Waals surface area contributed by atoms with Crippen molar-refractivity contribution in [3.05, 3.63) is 24.3 Å². The molecule has 1 aromatic carbocycles. The lowest BCUT2D eigenvalue weighted by Crippen LogP contribution is -2.41. The van der Waals surface area contributed by atoms with E-state index >= 15 is 0 Å². The van der Waals surface area contributed by atoms with Crippen molar-refractivity contribution >= 4 is 23.3 Å². The summed E-state index contributed by atoms with van der Waals surface area (Å²) in [4.78, 5) is 30.2. The third-order valence-corrected chi connectivity index (χ3v) is 4.48. The Morgan fingerprint density at radius 2 is 2.08 bits per heavy atom. The van der Waals surface area contributed by atoms with Crippen LogP contribution in [0, 0.1) is 0 Å². The minimum atomic E-state index is -0.217. The summed E-state index contributed by atoms with van der Waals surface area (Å²) in [7, 11) is 2.03. The average molecular weight is 332 g/mol. The van der Waals surface area contributed by atoms with Crippen LogP contribution in [0.15, 0.2) is 24.3 Å². The molecule has 6 nitrogen and oxygen atoms in total. The maximum atomic E-state index is 12.5. The Morgan fingerprint density at radius 3 is 2.75 bits per heavy atom. The number of hydrogen-bond acceptors (Lipinski definition) is 3. The van der Waals surface area contributed by atoms with E-state index in [1.807, 2.05) is 38.2 Å². The fourth-order valence-electron chi connectivity index (χ4n) is 2.73. The Labute approximate surface area is 144 Å². The zero-order chi connectivity index (χ0) is 17.7. The first-order valence-corrected chi connectivity index (χ1v) is 8.59. The van der Waals surface area contributed by atoms with Crippen LogP contribution in [-0.4, -0.2) is 61.0 Å². The van der Waals surface area contributed by atoms with Crippen LogP contribution in [0.2, 0.25) is 0 Å². The van der Waals surface area contributed by atoms with E-state index in [1.165, 1.54) is 0 Å². The average Bonchev–Trinajstić information content (AvgIpc) is 2.75. The lowest BCUT2D eigenvalue weighted by atomic mass is 10.2. The summed E-state index contributed by atoms with van der Waals surface area (Å²) in [5, 5.41) is 2.92. The molecule has 1 aliphatic heterocycles. The third-order valence-electron chi connectivity index (χ3n) is 4.48. The standard InChI is InChI=1S/C18H28N4O2/c1-5-21-10-7-11-22(13-17(21)23)18(24)19-15-8-6-9-16(12-15)20(4)14(2)3/h6,8-9,12,14H,5,7,10-11,13H2,1-4H3,(H,19,24). The number of carbonyl (C=O) groups is 2. The molecule has 1 fully saturated rings. The molecule has 0 aliphatic carbocycles. The summed E-state index contributed by atoms with van der Waals surface area (Å²) < 4.78 is 0. The highest BCUT2D eigenvalue weighted by atomic mass is 16.2. The van der Waals surface area contributed by atoms with Crippen molar-refractivity contribution in [1.29, 1.82) is 0 Å². The molecule has 0 aromatic heterocycles. The summed E-state index contributed by atoms with van der Waals surface area (Å²) in [6.07, 6.45) is 0.809. The molecule has 0 unspecified atom stereocenters. The van der Waals surface area contributed by atoms with Gasteiger partial charge in [-0.25, -0.2) is 4.79 Å². The van der Waals surface area contributed by atoms with Gasteiger partial charge in [0, 0.05) is 44.1 Å². The van der Waals surface area contributed by atoms with E-state index in [1.54, 1.807) is 9.80 Å². The normalized spacial score (nSPS) is 15.5. The van der Waals surface area contributed by atoms with Gasteiger partial charge in [0.25, 0.3) is 0 Å². The number of amides is 3. The lowest BCUT2D eigenvalue weighted by molar-refractivity contribution is -0.130. The molecular formula is C18H28N4O2. The van der Waals surface area contributed by atoms with Gasteiger partial charge in [0.1, 0.15) is 6.54 Å². The molecule has 1 aromatic rings. The van der Waals surface area contributed by atoms with Crippen LogP contribution in [0.25, 0.3) is 0 Å². The van der Waals surface area contributed by atoms with Gasteiger partial charge in [-0.3, -0.25) is 4.79 Å². The number of rotatable bonds is 4. The zero-order valence-corrected chi connectivity index (χ0v) is 15.1. The van der Waals surface area contributed by atoms with Crippen LogP contribution >= 0.6 is 0 Å². The summed E-state index contributed by atoms with van der Waals surface area (Å²) in [6, 6.07) is 7.93. The second-order valence-electron chi connectivity index (χ2n) is 6.43. The predicted octanol–water partition coefficient (Wildman–Crippen LogP) is 2.62. The van der Waals surface area contributed by atoms with Gasteiger partial charge in [-0.15, -0.1) is 0 Å². The van der Waals surface area contributed by atoms with Gasteiger partial charge in [-0.1, -0.05) is 6.07 Å². The first kappa shape index (κ1) is 18.1. The highest BCUT2D eigenvalue weighted by Gasteiger charge is 2.24. The SMILES string of the molecule is CCN1CCCN(C(=O)Nc2cccc(N(C)C(C)C)c2)CC1=O. The number of nitrogens with one attached hydrogen (secondary N) is 1. The molecule has 0 bridgehead atoms. The number of hydrogen-bond donors (Lipinski definition) is 1. The molecule has 1 N–H and O–H groups in total. The fraction of sp³-hybridized carbons (Fsp3) is 0.556. The molecule has 1 saturated heterocycles. The fourth-order valence-corrected chi connectivity index (χ4v) is 2.73. The van der Waals surface area contributed by atoms with E-state index in [4.69, 9.17) is 0 Å². The molecule has 2 rings (SSSR count). The van der Waals surface area contributed by atoms with Crippen molar-refractivity contribution in [2.45, 2.75) is 33.2 Å². The van der Waals surface area contributed by atoms with Crippen LogP contribution in [0.3, 0.4) is 0 Å². The van der Waals surface area contributed by atoms with Crippen molar-refractivity contribution in [2.75, 3.05) is 43.4 Å². The highest BCUT2D eigenvalue weighted by Crippen LogP contribution is 2.20. The number of benzene rings is 1. The minimum Gasteiger partial charge on any atom is -0.372 e. The lowest BCUT2D eigenvalue weighted by Gasteiger charge is -2.25. The maximum Gasteiger partial charge on any atom is 0.322 e. The minimum absolute atomic E-state index is 0.0124. The van der Waals surface area contributed by atoms with Crippen molar-refractivity contribution in [3.63, 3.8) is 0 Å². The van der Waals surface area contributed by atoms with Crippen LogP contribution in [-0.2, 0) is 4.79 Å². The van der Waals surface area contributed by atoms with Gasteiger partial charge < -0.3 is 20.0 Å². The van der Waals surface area contributed by atoms with Crippen LogP contribution < -0.4 is 10.2 Å². The molecule has 6 heteroatoms. The molecule has 0 radical (unpaired) electrons. The number of likely N-dealkylation sites (N-methyl/N-ethyl adjacent to an activating group) is 1. The van der Waals surface area contributed by atoms with Crippen LogP contribution in [0.4, 0.5) is 16.2 Å². The summed E-state index contributed by atoms with van der Waals surface area (Å²) in [5.41, 5.74) is 1.79. The van der Waals surface area contributed by atoms with Gasteiger partial charge in [0.05, 0.1) is 0 Å². The smallest absolute Gasteiger partial charge is 0.322 e. The number of anilines is 2.